The maximum Gasteiger partial charge on any atom is 0.258 e. The Morgan fingerprint density at radius 2 is 2.00 bits per heavy atom. The minimum Gasteiger partial charge on any atom is -0.507 e. The van der Waals surface area contributed by atoms with Gasteiger partial charge in [0.2, 0.25) is 0 Å². The molecule has 1 heterocycles. The first-order valence-corrected chi connectivity index (χ1v) is 11.4. The summed E-state index contributed by atoms with van der Waals surface area (Å²) in [6.45, 7) is 0.438. The zero-order valence-electron chi connectivity index (χ0n) is 17.5. The highest BCUT2D eigenvalue weighted by Gasteiger charge is 2.30. The van der Waals surface area contributed by atoms with Gasteiger partial charge in [-0.05, 0) is 60.0 Å². The Morgan fingerprint density at radius 3 is 2.82 bits per heavy atom. The van der Waals surface area contributed by atoms with Crippen molar-refractivity contribution in [1.29, 1.82) is 0 Å². The predicted molar refractivity (Wildman–Crippen MR) is 131 cm³/mol. The molecule has 0 aromatic heterocycles. The van der Waals surface area contributed by atoms with Crippen LogP contribution in [0.2, 0.25) is 5.02 Å². The Hall–Kier alpha value is -2.91. The summed E-state index contributed by atoms with van der Waals surface area (Å²) in [5.74, 6) is 0.552. The summed E-state index contributed by atoms with van der Waals surface area (Å²) >= 11 is 9.26. The minimum absolute atomic E-state index is 0.0575. The van der Waals surface area contributed by atoms with Crippen LogP contribution >= 0.6 is 27.5 Å². The molecular weight excluding hydrogens is 508 g/mol. The predicted octanol–water partition coefficient (Wildman–Crippen LogP) is 4.45. The zero-order chi connectivity index (χ0) is 23.2. The fourth-order valence-electron chi connectivity index (χ4n) is 3.39. The Labute approximate surface area is 204 Å². The topological polar surface area (TPSA) is 95.0 Å². The second kappa shape index (κ2) is 10.8. The van der Waals surface area contributed by atoms with Crippen molar-refractivity contribution < 1.29 is 14.6 Å². The lowest BCUT2D eigenvalue weighted by Crippen LogP contribution is -2.41. The molecule has 4 rings (SSSR count). The number of nitrogens with one attached hydrogen (secondary N) is 3. The number of hydrazine groups is 1. The van der Waals surface area contributed by atoms with Crippen molar-refractivity contribution >= 4 is 39.7 Å². The first kappa shape index (κ1) is 23.3. The van der Waals surface area contributed by atoms with Crippen LogP contribution in [0.3, 0.4) is 0 Å². The van der Waals surface area contributed by atoms with Gasteiger partial charge in [0.25, 0.3) is 5.91 Å². The Bertz CT molecular complexity index is 1160. The fraction of sp³-hybridized carbons (Fsp3) is 0.167. The van der Waals surface area contributed by atoms with Gasteiger partial charge in [-0.2, -0.15) is 5.10 Å². The van der Waals surface area contributed by atoms with E-state index in [0.717, 1.165) is 21.3 Å². The van der Waals surface area contributed by atoms with Crippen LogP contribution < -0.4 is 21.0 Å². The molecule has 1 amide bonds. The maximum absolute atomic E-state index is 12.5. The first-order valence-electron chi connectivity index (χ1n) is 10.3. The quantitative estimate of drug-likeness (QED) is 0.268. The molecule has 1 aliphatic rings. The Morgan fingerprint density at radius 1 is 1.18 bits per heavy atom. The molecule has 3 aromatic rings. The summed E-state index contributed by atoms with van der Waals surface area (Å²) in [6.07, 6.45) is 1.95. The van der Waals surface area contributed by atoms with Gasteiger partial charge in [-0.15, -0.1) is 0 Å². The van der Waals surface area contributed by atoms with Crippen molar-refractivity contribution in [3.8, 4) is 11.5 Å². The summed E-state index contributed by atoms with van der Waals surface area (Å²) in [7, 11) is 0. The number of halogens is 2. The maximum atomic E-state index is 12.5. The third-order valence-electron chi connectivity index (χ3n) is 5.17. The summed E-state index contributed by atoms with van der Waals surface area (Å²) in [5.41, 5.74) is 11.2. The molecule has 4 N–H and O–H groups in total. The van der Waals surface area contributed by atoms with Gasteiger partial charge in [0.1, 0.15) is 24.1 Å². The van der Waals surface area contributed by atoms with E-state index in [4.69, 9.17) is 16.3 Å². The van der Waals surface area contributed by atoms with Crippen LogP contribution in [0.1, 0.15) is 29.2 Å². The van der Waals surface area contributed by atoms with E-state index in [0.29, 0.717) is 23.6 Å². The molecule has 1 saturated heterocycles. The van der Waals surface area contributed by atoms with Crippen molar-refractivity contribution in [3.63, 3.8) is 0 Å². The molecule has 33 heavy (non-hydrogen) atoms. The van der Waals surface area contributed by atoms with Crippen molar-refractivity contribution in [1.82, 2.24) is 16.3 Å². The van der Waals surface area contributed by atoms with E-state index in [-0.39, 0.29) is 17.7 Å². The van der Waals surface area contributed by atoms with E-state index in [1.54, 1.807) is 18.2 Å². The van der Waals surface area contributed by atoms with E-state index in [2.05, 4.69) is 37.3 Å². The van der Waals surface area contributed by atoms with E-state index >= 15 is 0 Å². The van der Waals surface area contributed by atoms with E-state index in [9.17, 15) is 9.90 Å². The van der Waals surface area contributed by atoms with Crippen LogP contribution in [0.25, 0.3) is 0 Å². The number of hydrazone groups is 1. The van der Waals surface area contributed by atoms with Crippen LogP contribution in [0.15, 0.2) is 76.3 Å². The number of nitrogens with zero attached hydrogens (tertiary/aromatic N) is 1. The Kier molecular flexibility index (Phi) is 7.61. The molecule has 3 aromatic carbocycles. The van der Waals surface area contributed by atoms with Gasteiger partial charge in [-0.1, -0.05) is 51.8 Å². The monoisotopic (exact) mass is 528 g/mol. The van der Waals surface area contributed by atoms with E-state index in [1.807, 2.05) is 48.5 Å². The number of aromatic hydroxyl groups is 1. The number of carbonyl (C=O) groups excluding carboxylic acids is 1. The molecule has 1 aliphatic heterocycles. The molecule has 170 valence electrons. The van der Waals surface area contributed by atoms with Gasteiger partial charge in [0.15, 0.2) is 0 Å². The molecule has 2 unspecified atom stereocenters. The highest BCUT2D eigenvalue weighted by molar-refractivity contribution is 9.10. The largest absolute Gasteiger partial charge is 0.507 e. The summed E-state index contributed by atoms with van der Waals surface area (Å²) in [6, 6.07) is 19.8. The SMILES string of the molecule is O=C(N/N=C/c1cc(Br)ccc1O)C1CC(c2cccc(OCc3ccc(Cl)cc3)c2)NN1. The van der Waals surface area contributed by atoms with Crippen molar-refractivity contribution in [3.05, 3.63) is 92.9 Å². The number of hydrogen-bond acceptors (Lipinski definition) is 6. The second-order valence-corrected chi connectivity index (χ2v) is 8.91. The van der Waals surface area contributed by atoms with Crippen LogP contribution in [0.4, 0.5) is 0 Å². The molecule has 2 atom stereocenters. The van der Waals surface area contributed by atoms with Crippen LogP contribution in [-0.2, 0) is 11.4 Å². The number of hydrogen-bond donors (Lipinski definition) is 4. The average Bonchev–Trinajstić information content (AvgIpc) is 3.32. The lowest BCUT2D eigenvalue weighted by molar-refractivity contribution is -0.122. The summed E-state index contributed by atoms with van der Waals surface area (Å²) in [5, 5.41) is 14.5. The molecule has 1 fully saturated rings. The summed E-state index contributed by atoms with van der Waals surface area (Å²) < 4.78 is 6.71. The highest BCUT2D eigenvalue weighted by Crippen LogP contribution is 2.26. The van der Waals surface area contributed by atoms with Gasteiger partial charge in [0.05, 0.1) is 6.21 Å². The number of ether oxygens (including phenoxy) is 1. The standard InChI is InChI=1S/C24H22BrClN4O3/c25-18-6-9-23(31)17(10-18)13-27-30-24(32)22-12-21(28-29-22)16-2-1-3-20(11-16)33-14-15-4-7-19(26)8-5-15/h1-11,13,21-22,28-29,31H,12,14H2,(H,30,32)/b27-13+. The average molecular weight is 530 g/mol. The number of rotatable bonds is 7. The highest BCUT2D eigenvalue weighted by atomic mass is 79.9. The molecule has 0 aliphatic carbocycles. The fourth-order valence-corrected chi connectivity index (χ4v) is 3.89. The normalized spacial score (nSPS) is 17.9. The molecule has 9 heteroatoms. The number of phenols is 1. The van der Waals surface area contributed by atoms with Gasteiger partial charge in [0, 0.05) is 21.1 Å². The van der Waals surface area contributed by atoms with Gasteiger partial charge >= 0.3 is 0 Å². The van der Waals surface area contributed by atoms with Crippen molar-refractivity contribution in [2.75, 3.05) is 0 Å². The molecular formula is C24H22BrClN4O3. The molecule has 0 radical (unpaired) electrons. The smallest absolute Gasteiger partial charge is 0.258 e. The van der Waals surface area contributed by atoms with Crippen LogP contribution in [0.5, 0.6) is 11.5 Å². The lowest BCUT2D eigenvalue weighted by atomic mass is 10.0. The molecule has 0 spiro atoms. The molecule has 0 bridgehead atoms. The van der Waals surface area contributed by atoms with E-state index in [1.165, 1.54) is 6.21 Å². The summed E-state index contributed by atoms with van der Waals surface area (Å²) in [4.78, 5) is 12.5. The minimum atomic E-state index is -0.457. The Balaban J connectivity index is 1.31. The second-order valence-electron chi connectivity index (χ2n) is 7.55. The van der Waals surface area contributed by atoms with Crippen molar-refractivity contribution in [2.24, 2.45) is 5.10 Å². The number of benzene rings is 3. The number of amides is 1. The van der Waals surface area contributed by atoms with Crippen molar-refractivity contribution in [2.45, 2.75) is 25.1 Å². The van der Waals surface area contributed by atoms with Gasteiger partial charge in [-0.25, -0.2) is 16.3 Å². The number of phenolic OH excluding ortho intramolecular Hbond substituents is 1. The zero-order valence-corrected chi connectivity index (χ0v) is 19.8. The van der Waals surface area contributed by atoms with Gasteiger partial charge < -0.3 is 9.84 Å². The first-order chi connectivity index (χ1) is 16.0. The third-order valence-corrected chi connectivity index (χ3v) is 5.91. The molecule has 0 saturated carbocycles. The third kappa shape index (κ3) is 6.33. The number of carbonyl (C=O) groups is 1. The lowest BCUT2D eigenvalue weighted by Gasteiger charge is -2.12. The van der Waals surface area contributed by atoms with E-state index < -0.39 is 6.04 Å². The molecule has 7 nitrogen and oxygen atoms in total. The van der Waals surface area contributed by atoms with Gasteiger partial charge in [-0.3, -0.25) is 4.79 Å². The van der Waals surface area contributed by atoms with Crippen LogP contribution in [-0.4, -0.2) is 23.3 Å². The van der Waals surface area contributed by atoms with Crippen LogP contribution in [0, 0.1) is 0 Å².